The van der Waals surface area contributed by atoms with E-state index in [4.69, 9.17) is 9.84 Å². The summed E-state index contributed by atoms with van der Waals surface area (Å²) in [6, 6.07) is 20.8. The Morgan fingerprint density at radius 3 is 2.45 bits per heavy atom. The van der Waals surface area contributed by atoms with Gasteiger partial charge in [0.1, 0.15) is 23.9 Å². The molecular formula is C32H41FN2O3. The number of aliphatic hydroxyl groups is 1. The van der Waals surface area contributed by atoms with Gasteiger partial charge in [0.05, 0.1) is 6.04 Å². The van der Waals surface area contributed by atoms with Gasteiger partial charge in [0.2, 0.25) is 0 Å². The smallest absolute Gasteiger partial charge is 0.123 e. The molecule has 38 heavy (non-hydrogen) atoms. The number of phenolic OH excluding ortho intramolecular Hbond substituents is 1. The SMILES string of the molecule is CCCCN(CCCCO)CCOc1ccc(CC2c3ccc(O)cc3CCN2c2ccc(F)cc2)cc1. The minimum Gasteiger partial charge on any atom is -0.508 e. The van der Waals surface area contributed by atoms with Gasteiger partial charge in [0.15, 0.2) is 0 Å². The molecule has 204 valence electrons. The van der Waals surface area contributed by atoms with Gasteiger partial charge < -0.3 is 19.8 Å². The molecule has 0 amide bonds. The molecule has 1 atom stereocenters. The van der Waals surface area contributed by atoms with Crippen LogP contribution in [0.5, 0.6) is 11.5 Å². The molecule has 0 saturated heterocycles. The molecule has 2 N–H and O–H groups in total. The minimum absolute atomic E-state index is 0.0858. The fourth-order valence-corrected chi connectivity index (χ4v) is 5.26. The number of benzene rings is 3. The largest absolute Gasteiger partial charge is 0.508 e. The molecular weight excluding hydrogens is 479 g/mol. The highest BCUT2D eigenvalue weighted by atomic mass is 19.1. The Hall–Kier alpha value is -3.09. The molecule has 0 aromatic heterocycles. The van der Waals surface area contributed by atoms with E-state index in [9.17, 15) is 9.50 Å². The number of rotatable bonds is 14. The Labute approximate surface area is 226 Å². The lowest BCUT2D eigenvalue weighted by atomic mass is 9.88. The highest BCUT2D eigenvalue weighted by Crippen LogP contribution is 2.37. The van der Waals surface area contributed by atoms with Crippen molar-refractivity contribution in [2.75, 3.05) is 44.3 Å². The van der Waals surface area contributed by atoms with Crippen LogP contribution in [0.1, 0.15) is 55.3 Å². The molecule has 0 aliphatic carbocycles. The maximum absolute atomic E-state index is 13.6. The molecule has 3 aromatic carbocycles. The standard InChI is InChI=1S/C32H41FN2O3/c1-2-3-17-34(18-4-5-21-36)20-22-38-30-13-6-25(7-14-30)23-32-31-15-12-29(37)24-26(31)16-19-35(32)28-10-8-27(33)9-11-28/h6-15,24,32,36-37H,2-5,16-23H2,1H3. The number of aromatic hydroxyl groups is 1. The first-order chi connectivity index (χ1) is 18.6. The van der Waals surface area contributed by atoms with E-state index in [1.54, 1.807) is 6.07 Å². The van der Waals surface area contributed by atoms with E-state index in [2.05, 4.69) is 28.9 Å². The summed E-state index contributed by atoms with van der Waals surface area (Å²) in [4.78, 5) is 4.76. The maximum Gasteiger partial charge on any atom is 0.123 e. The molecule has 1 unspecified atom stereocenters. The van der Waals surface area contributed by atoms with E-state index in [0.717, 1.165) is 63.3 Å². The molecule has 0 radical (unpaired) electrons. The van der Waals surface area contributed by atoms with Crippen LogP contribution < -0.4 is 9.64 Å². The number of nitrogens with zero attached hydrogens (tertiary/aromatic N) is 2. The van der Waals surface area contributed by atoms with Crippen LogP contribution in [0.15, 0.2) is 66.7 Å². The van der Waals surface area contributed by atoms with Crippen molar-refractivity contribution < 1.29 is 19.3 Å². The number of ether oxygens (including phenoxy) is 1. The molecule has 1 heterocycles. The van der Waals surface area contributed by atoms with Gasteiger partial charge in [0, 0.05) is 25.4 Å². The zero-order valence-electron chi connectivity index (χ0n) is 22.5. The van der Waals surface area contributed by atoms with E-state index < -0.39 is 0 Å². The Balaban J connectivity index is 1.41. The van der Waals surface area contributed by atoms with Crippen LogP contribution >= 0.6 is 0 Å². The highest BCUT2D eigenvalue weighted by Gasteiger charge is 2.28. The van der Waals surface area contributed by atoms with E-state index >= 15 is 0 Å². The van der Waals surface area contributed by atoms with Gasteiger partial charge in [-0.3, -0.25) is 4.90 Å². The van der Waals surface area contributed by atoms with E-state index in [0.29, 0.717) is 12.4 Å². The number of hydrogen-bond acceptors (Lipinski definition) is 5. The monoisotopic (exact) mass is 520 g/mol. The van der Waals surface area contributed by atoms with Crippen LogP contribution in [0.25, 0.3) is 0 Å². The second-order valence-corrected chi connectivity index (χ2v) is 10.1. The Bertz CT molecular complexity index is 1120. The van der Waals surface area contributed by atoms with Gasteiger partial charge in [0.25, 0.3) is 0 Å². The van der Waals surface area contributed by atoms with Crippen molar-refractivity contribution in [1.29, 1.82) is 0 Å². The first kappa shape index (κ1) is 27.9. The third-order valence-electron chi connectivity index (χ3n) is 7.38. The lowest BCUT2D eigenvalue weighted by Crippen LogP contribution is -2.36. The van der Waals surface area contributed by atoms with Crippen molar-refractivity contribution in [2.24, 2.45) is 0 Å². The number of unbranched alkanes of at least 4 members (excludes halogenated alkanes) is 2. The van der Waals surface area contributed by atoms with Gasteiger partial charge in [-0.1, -0.05) is 31.5 Å². The predicted octanol–water partition coefficient (Wildman–Crippen LogP) is 6.13. The summed E-state index contributed by atoms with van der Waals surface area (Å²) in [5, 5.41) is 19.1. The lowest BCUT2D eigenvalue weighted by molar-refractivity contribution is 0.197. The van der Waals surface area contributed by atoms with Crippen LogP contribution in [0.3, 0.4) is 0 Å². The van der Waals surface area contributed by atoms with Gasteiger partial charge in [-0.15, -0.1) is 0 Å². The molecule has 3 aromatic rings. The Kier molecular flexibility index (Phi) is 10.4. The normalized spacial score (nSPS) is 15.1. The van der Waals surface area contributed by atoms with Gasteiger partial charge in [-0.2, -0.15) is 0 Å². The fourth-order valence-electron chi connectivity index (χ4n) is 5.26. The van der Waals surface area contributed by atoms with Crippen molar-refractivity contribution in [2.45, 2.75) is 51.5 Å². The lowest BCUT2D eigenvalue weighted by Gasteiger charge is -2.39. The number of anilines is 1. The average molecular weight is 521 g/mol. The van der Waals surface area contributed by atoms with Gasteiger partial charge in [-0.25, -0.2) is 4.39 Å². The molecule has 1 aliphatic rings. The first-order valence-electron chi connectivity index (χ1n) is 14.0. The molecule has 4 rings (SSSR count). The van der Waals surface area contributed by atoms with Crippen LogP contribution in [0.4, 0.5) is 10.1 Å². The molecule has 0 bridgehead atoms. The quantitative estimate of drug-likeness (QED) is 0.251. The van der Waals surface area contributed by atoms with Crippen molar-refractivity contribution in [3.05, 3.63) is 89.2 Å². The molecule has 6 heteroatoms. The summed E-state index contributed by atoms with van der Waals surface area (Å²) in [6.45, 7) is 6.84. The average Bonchev–Trinajstić information content (AvgIpc) is 2.93. The second-order valence-electron chi connectivity index (χ2n) is 10.1. The van der Waals surface area contributed by atoms with Gasteiger partial charge in [-0.05, 0) is 110 Å². The highest BCUT2D eigenvalue weighted by molar-refractivity contribution is 5.53. The predicted molar refractivity (Wildman–Crippen MR) is 152 cm³/mol. The Morgan fingerprint density at radius 1 is 0.947 bits per heavy atom. The number of hydrogen-bond donors (Lipinski definition) is 2. The maximum atomic E-state index is 13.6. The van der Waals surface area contributed by atoms with Crippen molar-refractivity contribution in [3.8, 4) is 11.5 Å². The summed E-state index contributed by atoms with van der Waals surface area (Å²) in [7, 11) is 0. The molecule has 0 saturated carbocycles. The number of halogens is 1. The first-order valence-corrected chi connectivity index (χ1v) is 14.0. The summed E-state index contributed by atoms with van der Waals surface area (Å²) in [5.74, 6) is 0.923. The van der Waals surface area contributed by atoms with Gasteiger partial charge >= 0.3 is 0 Å². The van der Waals surface area contributed by atoms with Crippen LogP contribution in [-0.4, -0.2) is 54.5 Å². The minimum atomic E-state index is -0.234. The summed E-state index contributed by atoms with van der Waals surface area (Å²) in [6.07, 6.45) is 5.82. The van der Waals surface area contributed by atoms with Crippen LogP contribution in [0.2, 0.25) is 0 Å². The van der Waals surface area contributed by atoms with Crippen molar-refractivity contribution in [1.82, 2.24) is 4.90 Å². The number of fused-ring (bicyclic) bond motifs is 1. The molecule has 0 fully saturated rings. The number of aliphatic hydroxyl groups excluding tert-OH is 1. The topological polar surface area (TPSA) is 56.2 Å². The summed E-state index contributed by atoms with van der Waals surface area (Å²) in [5.41, 5.74) is 4.57. The summed E-state index contributed by atoms with van der Waals surface area (Å²) >= 11 is 0. The molecule has 1 aliphatic heterocycles. The van der Waals surface area contributed by atoms with Crippen LogP contribution in [0, 0.1) is 5.82 Å². The van der Waals surface area contributed by atoms with Crippen molar-refractivity contribution >= 4 is 5.69 Å². The number of phenols is 1. The third-order valence-corrected chi connectivity index (χ3v) is 7.38. The Morgan fingerprint density at radius 2 is 1.71 bits per heavy atom. The second kappa shape index (κ2) is 14.2. The molecule has 5 nitrogen and oxygen atoms in total. The fraction of sp³-hybridized carbons (Fsp3) is 0.438. The molecule has 0 spiro atoms. The summed E-state index contributed by atoms with van der Waals surface area (Å²) < 4.78 is 19.7. The van der Waals surface area contributed by atoms with Crippen LogP contribution in [-0.2, 0) is 12.8 Å². The van der Waals surface area contributed by atoms with E-state index in [-0.39, 0.29) is 18.5 Å². The third kappa shape index (κ3) is 7.71. The van der Waals surface area contributed by atoms with E-state index in [1.165, 1.54) is 41.7 Å². The zero-order valence-corrected chi connectivity index (χ0v) is 22.5. The van der Waals surface area contributed by atoms with Crippen molar-refractivity contribution in [3.63, 3.8) is 0 Å². The van der Waals surface area contributed by atoms with E-state index in [1.807, 2.05) is 36.4 Å². The zero-order chi connectivity index (χ0) is 26.7.